The molecule has 0 unspecified atom stereocenters. The second-order valence-electron chi connectivity index (χ2n) is 7.31. The first-order valence-electron chi connectivity index (χ1n) is 9.87. The molecular weight excluding hydrogens is 414 g/mol. The van der Waals surface area contributed by atoms with Crippen molar-refractivity contribution in [1.82, 2.24) is 24.2 Å². The molecule has 1 amide bonds. The van der Waals surface area contributed by atoms with E-state index in [4.69, 9.17) is 0 Å². The van der Waals surface area contributed by atoms with Crippen molar-refractivity contribution in [2.45, 2.75) is 4.90 Å². The van der Waals surface area contributed by atoms with Gasteiger partial charge in [0.2, 0.25) is 10.0 Å². The van der Waals surface area contributed by atoms with Gasteiger partial charge in [0.1, 0.15) is 5.69 Å². The lowest BCUT2D eigenvalue weighted by atomic mass is 10.2. The molecule has 3 aromatic heterocycles. The number of nitrogens with zero attached hydrogens (tertiary/aromatic N) is 5. The first kappa shape index (κ1) is 19.5. The highest BCUT2D eigenvalue weighted by atomic mass is 32.2. The molecule has 8 nitrogen and oxygen atoms in total. The van der Waals surface area contributed by atoms with E-state index in [1.807, 2.05) is 12.1 Å². The summed E-state index contributed by atoms with van der Waals surface area (Å²) in [6, 6.07) is 12.1. The lowest BCUT2D eigenvalue weighted by Gasteiger charge is -2.34. The highest BCUT2D eigenvalue weighted by Crippen LogP contribution is 2.26. The summed E-state index contributed by atoms with van der Waals surface area (Å²) in [5.41, 5.74) is 1.05. The van der Waals surface area contributed by atoms with Crippen LogP contribution in [0.1, 0.15) is 10.5 Å². The van der Waals surface area contributed by atoms with E-state index in [1.54, 1.807) is 60.0 Å². The normalized spacial score (nSPS) is 15.4. The molecule has 1 aromatic carbocycles. The molecule has 4 aromatic rings. The number of fused-ring (bicyclic) bond motifs is 2. The van der Waals surface area contributed by atoms with E-state index in [-0.39, 0.29) is 23.9 Å². The van der Waals surface area contributed by atoms with Gasteiger partial charge in [-0.2, -0.15) is 4.31 Å². The summed E-state index contributed by atoms with van der Waals surface area (Å²) < 4.78 is 28.0. The van der Waals surface area contributed by atoms with Crippen molar-refractivity contribution < 1.29 is 13.2 Å². The molecule has 4 heterocycles. The SMILES string of the molecule is O=C(c1ccc2cnccc2n1)N1CCN(S(=O)(=O)c2cccc3cnccc23)CC1. The van der Waals surface area contributed by atoms with Gasteiger partial charge < -0.3 is 4.90 Å². The van der Waals surface area contributed by atoms with Gasteiger partial charge in [-0.15, -0.1) is 0 Å². The van der Waals surface area contributed by atoms with Crippen LogP contribution in [-0.2, 0) is 10.0 Å². The molecule has 9 heteroatoms. The average Bonchev–Trinajstić information content (AvgIpc) is 2.83. The molecule has 1 aliphatic heterocycles. The maximum Gasteiger partial charge on any atom is 0.272 e. The number of hydrogen-bond donors (Lipinski definition) is 0. The van der Waals surface area contributed by atoms with Crippen molar-refractivity contribution >= 4 is 37.6 Å². The van der Waals surface area contributed by atoms with E-state index in [9.17, 15) is 13.2 Å². The lowest BCUT2D eigenvalue weighted by molar-refractivity contribution is 0.0692. The minimum atomic E-state index is -3.69. The number of sulfonamides is 1. The minimum absolute atomic E-state index is 0.202. The summed E-state index contributed by atoms with van der Waals surface area (Å²) in [6.45, 7) is 1.07. The standard InChI is InChI=1S/C22H19N5O3S/c28-22(20-5-4-17-15-24-9-7-19(17)25-20)26-10-12-27(13-11-26)31(29,30)21-3-1-2-16-14-23-8-6-18(16)21/h1-9,14-15H,10-13H2. The molecule has 0 atom stereocenters. The lowest BCUT2D eigenvalue weighted by Crippen LogP contribution is -2.50. The first-order valence-corrected chi connectivity index (χ1v) is 11.3. The van der Waals surface area contributed by atoms with Crippen LogP contribution in [0.5, 0.6) is 0 Å². The van der Waals surface area contributed by atoms with Crippen LogP contribution in [0, 0.1) is 0 Å². The summed E-state index contributed by atoms with van der Waals surface area (Å²) in [5, 5.41) is 2.28. The van der Waals surface area contributed by atoms with Gasteiger partial charge in [-0.3, -0.25) is 14.8 Å². The number of rotatable bonds is 3. The number of aromatic nitrogens is 3. The van der Waals surface area contributed by atoms with Crippen LogP contribution >= 0.6 is 0 Å². The quantitative estimate of drug-likeness (QED) is 0.492. The number of piperazine rings is 1. The fourth-order valence-electron chi connectivity index (χ4n) is 3.83. The predicted octanol–water partition coefficient (Wildman–Crippen LogP) is 2.32. The van der Waals surface area contributed by atoms with Crippen LogP contribution in [0.15, 0.2) is 72.1 Å². The Morgan fingerprint density at radius 1 is 0.839 bits per heavy atom. The summed E-state index contributed by atoms with van der Waals surface area (Å²) in [5.74, 6) is -0.202. The van der Waals surface area contributed by atoms with E-state index >= 15 is 0 Å². The Labute approximate surface area is 179 Å². The van der Waals surface area contributed by atoms with Crippen molar-refractivity contribution in [2.24, 2.45) is 0 Å². The van der Waals surface area contributed by atoms with Crippen LogP contribution in [0.3, 0.4) is 0 Å². The fraction of sp³-hybridized carbons (Fsp3) is 0.182. The van der Waals surface area contributed by atoms with Crippen molar-refractivity contribution in [3.05, 3.63) is 72.9 Å². The van der Waals surface area contributed by atoms with Gasteiger partial charge in [0.15, 0.2) is 0 Å². The number of amides is 1. The van der Waals surface area contributed by atoms with Gasteiger partial charge in [0, 0.05) is 67.1 Å². The zero-order valence-corrected chi connectivity index (χ0v) is 17.4. The highest BCUT2D eigenvalue weighted by molar-refractivity contribution is 7.89. The maximum atomic E-state index is 13.3. The summed E-state index contributed by atoms with van der Waals surface area (Å²) in [4.78, 5) is 27.4. The molecule has 0 bridgehead atoms. The van der Waals surface area contributed by atoms with E-state index in [1.165, 1.54) is 4.31 Å². The predicted molar refractivity (Wildman–Crippen MR) is 116 cm³/mol. The monoisotopic (exact) mass is 433 g/mol. The van der Waals surface area contributed by atoms with E-state index in [2.05, 4.69) is 15.0 Å². The summed E-state index contributed by atoms with van der Waals surface area (Å²) in [6.07, 6.45) is 6.57. The molecule has 0 N–H and O–H groups in total. The topological polar surface area (TPSA) is 96.4 Å². The van der Waals surface area contributed by atoms with Gasteiger partial charge in [-0.05, 0) is 30.3 Å². The maximum absolute atomic E-state index is 13.3. The van der Waals surface area contributed by atoms with Crippen molar-refractivity contribution in [3.63, 3.8) is 0 Å². The van der Waals surface area contributed by atoms with Crippen LogP contribution in [0.25, 0.3) is 21.7 Å². The molecule has 0 radical (unpaired) electrons. The third kappa shape index (κ3) is 3.51. The largest absolute Gasteiger partial charge is 0.335 e. The molecule has 1 fully saturated rings. The van der Waals surface area contributed by atoms with Crippen LogP contribution < -0.4 is 0 Å². The number of hydrogen-bond acceptors (Lipinski definition) is 6. The second-order valence-corrected chi connectivity index (χ2v) is 9.22. The van der Waals surface area contributed by atoms with Crippen molar-refractivity contribution in [1.29, 1.82) is 0 Å². The average molecular weight is 433 g/mol. The van der Waals surface area contributed by atoms with Gasteiger partial charge >= 0.3 is 0 Å². The highest BCUT2D eigenvalue weighted by Gasteiger charge is 2.31. The fourth-order valence-corrected chi connectivity index (χ4v) is 5.47. The molecule has 1 aliphatic rings. The summed E-state index contributed by atoms with van der Waals surface area (Å²) >= 11 is 0. The Kier molecular flexibility index (Phi) is 4.84. The van der Waals surface area contributed by atoms with Crippen LogP contribution in [-0.4, -0.2) is 64.7 Å². The Balaban J connectivity index is 1.35. The van der Waals surface area contributed by atoms with Crippen molar-refractivity contribution in [2.75, 3.05) is 26.2 Å². The zero-order valence-electron chi connectivity index (χ0n) is 16.5. The molecular formula is C22H19N5O3S. The molecule has 1 saturated heterocycles. The molecule has 31 heavy (non-hydrogen) atoms. The molecule has 5 rings (SSSR count). The number of benzene rings is 1. The number of carbonyl (C=O) groups is 1. The third-order valence-corrected chi connectivity index (χ3v) is 7.45. The van der Waals surface area contributed by atoms with Gasteiger partial charge in [-0.1, -0.05) is 12.1 Å². The molecule has 0 saturated carbocycles. The van der Waals surface area contributed by atoms with Gasteiger partial charge in [-0.25, -0.2) is 13.4 Å². The Morgan fingerprint density at radius 2 is 1.58 bits per heavy atom. The number of carbonyl (C=O) groups excluding carboxylic acids is 1. The van der Waals surface area contributed by atoms with E-state index in [0.29, 0.717) is 29.7 Å². The smallest absolute Gasteiger partial charge is 0.272 e. The van der Waals surface area contributed by atoms with Crippen molar-refractivity contribution in [3.8, 4) is 0 Å². The van der Waals surface area contributed by atoms with Crippen LogP contribution in [0.4, 0.5) is 0 Å². The van der Waals surface area contributed by atoms with E-state index < -0.39 is 10.0 Å². The van der Waals surface area contributed by atoms with Gasteiger partial charge in [0.05, 0.1) is 10.4 Å². The molecule has 0 spiro atoms. The number of pyridine rings is 3. The Morgan fingerprint density at radius 3 is 2.39 bits per heavy atom. The molecule has 0 aliphatic carbocycles. The first-order chi connectivity index (χ1) is 15.0. The third-order valence-electron chi connectivity index (χ3n) is 5.49. The van der Waals surface area contributed by atoms with Gasteiger partial charge in [0.25, 0.3) is 5.91 Å². The van der Waals surface area contributed by atoms with Crippen LogP contribution in [0.2, 0.25) is 0 Å². The second kappa shape index (κ2) is 7.68. The summed E-state index contributed by atoms with van der Waals surface area (Å²) in [7, 11) is -3.69. The molecule has 156 valence electrons. The Hall–Kier alpha value is -3.43. The Bertz CT molecular complexity index is 1390. The van der Waals surface area contributed by atoms with E-state index in [0.717, 1.165) is 10.8 Å². The minimum Gasteiger partial charge on any atom is -0.335 e. The zero-order chi connectivity index (χ0) is 21.4.